The summed E-state index contributed by atoms with van der Waals surface area (Å²) in [6.07, 6.45) is -0.132. The number of ether oxygens (including phenoxy) is 1. The molecule has 2 N–H and O–H groups in total. The van der Waals surface area contributed by atoms with Crippen molar-refractivity contribution in [3.63, 3.8) is 0 Å². The monoisotopic (exact) mass is 406 g/mol. The Labute approximate surface area is 167 Å². The molecular weight excluding hydrogens is 387 g/mol. The summed E-state index contributed by atoms with van der Waals surface area (Å²) >= 11 is 5.85. The van der Waals surface area contributed by atoms with Crippen LogP contribution in [0.25, 0.3) is 0 Å². The maximum absolute atomic E-state index is 12.8. The van der Waals surface area contributed by atoms with E-state index in [0.717, 1.165) is 5.56 Å². The zero-order valence-corrected chi connectivity index (χ0v) is 16.0. The third-order valence-corrected chi connectivity index (χ3v) is 4.04. The quantitative estimate of drug-likeness (QED) is 0.660. The predicted octanol–water partition coefficient (Wildman–Crippen LogP) is 2.91. The molecule has 1 unspecified atom stereocenters. The van der Waals surface area contributed by atoms with Crippen LogP contribution < -0.4 is 10.6 Å². The minimum atomic E-state index is -0.634. The van der Waals surface area contributed by atoms with Gasteiger partial charge in [0.2, 0.25) is 5.91 Å². The lowest BCUT2D eigenvalue weighted by molar-refractivity contribution is -0.149. The fourth-order valence-electron chi connectivity index (χ4n) is 2.42. The lowest BCUT2D eigenvalue weighted by Gasteiger charge is -2.17. The van der Waals surface area contributed by atoms with E-state index in [-0.39, 0.29) is 24.7 Å². The Bertz CT molecular complexity index is 825. The van der Waals surface area contributed by atoms with Crippen LogP contribution in [-0.4, -0.2) is 24.4 Å². The molecule has 2 aromatic rings. The first-order valence-corrected chi connectivity index (χ1v) is 8.90. The van der Waals surface area contributed by atoms with Gasteiger partial charge in [-0.05, 0) is 35.4 Å². The van der Waals surface area contributed by atoms with Crippen molar-refractivity contribution in [3.8, 4) is 0 Å². The number of amides is 2. The molecule has 0 heterocycles. The zero-order chi connectivity index (χ0) is 20.5. The highest BCUT2D eigenvalue weighted by Gasteiger charge is 2.19. The van der Waals surface area contributed by atoms with E-state index in [2.05, 4.69) is 10.6 Å². The molecule has 8 heteroatoms. The molecule has 0 spiro atoms. The van der Waals surface area contributed by atoms with Crippen molar-refractivity contribution >= 4 is 29.4 Å². The van der Waals surface area contributed by atoms with Gasteiger partial charge in [-0.1, -0.05) is 35.9 Å². The number of carbonyl (C=O) groups is 3. The van der Waals surface area contributed by atoms with Gasteiger partial charge < -0.3 is 15.4 Å². The van der Waals surface area contributed by atoms with Gasteiger partial charge in [0.05, 0.1) is 12.5 Å². The van der Waals surface area contributed by atoms with Crippen LogP contribution in [0.4, 0.5) is 4.39 Å². The fourth-order valence-corrected chi connectivity index (χ4v) is 2.54. The van der Waals surface area contributed by atoms with Crippen LogP contribution >= 0.6 is 11.6 Å². The SMILES string of the molecule is CC(=O)NC(CC(=O)OCC(=O)NCc1ccc(F)cc1)c1ccc(Cl)cc1. The summed E-state index contributed by atoms with van der Waals surface area (Å²) in [5.41, 5.74) is 1.41. The van der Waals surface area contributed by atoms with Gasteiger partial charge >= 0.3 is 5.97 Å². The lowest BCUT2D eigenvalue weighted by atomic mass is 10.0. The summed E-state index contributed by atoms with van der Waals surface area (Å²) in [6.45, 7) is 1.08. The van der Waals surface area contributed by atoms with Gasteiger partial charge in [0, 0.05) is 18.5 Å². The van der Waals surface area contributed by atoms with E-state index in [0.29, 0.717) is 10.6 Å². The molecule has 0 aromatic heterocycles. The van der Waals surface area contributed by atoms with Gasteiger partial charge in [-0.15, -0.1) is 0 Å². The average Bonchev–Trinajstić information content (AvgIpc) is 2.65. The highest BCUT2D eigenvalue weighted by molar-refractivity contribution is 6.30. The lowest BCUT2D eigenvalue weighted by Crippen LogP contribution is -2.31. The Morgan fingerprint density at radius 1 is 1.07 bits per heavy atom. The summed E-state index contributed by atoms with van der Waals surface area (Å²) in [5, 5.41) is 5.78. The van der Waals surface area contributed by atoms with Crippen LogP contribution in [0.3, 0.4) is 0 Å². The van der Waals surface area contributed by atoms with Crippen LogP contribution in [0, 0.1) is 5.82 Å². The van der Waals surface area contributed by atoms with E-state index >= 15 is 0 Å². The number of halogens is 2. The molecule has 2 rings (SSSR count). The molecule has 0 saturated heterocycles. The van der Waals surface area contributed by atoms with Crippen molar-refractivity contribution in [1.29, 1.82) is 0 Å². The van der Waals surface area contributed by atoms with Crippen LogP contribution in [0.15, 0.2) is 48.5 Å². The zero-order valence-electron chi connectivity index (χ0n) is 15.2. The van der Waals surface area contributed by atoms with Gasteiger partial charge in [-0.3, -0.25) is 14.4 Å². The van der Waals surface area contributed by atoms with E-state index in [1.807, 2.05) is 0 Å². The summed E-state index contributed by atoms with van der Waals surface area (Å²) in [4.78, 5) is 35.3. The molecule has 0 aliphatic heterocycles. The molecule has 0 saturated carbocycles. The highest BCUT2D eigenvalue weighted by atomic mass is 35.5. The molecule has 148 valence electrons. The van der Waals surface area contributed by atoms with Gasteiger partial charge in [0.25, 0.3) is 5.91 Å². The minimum absolute atomic E-state index is 0.132. The smallest absolute Gasteiger partial charge is 0.308 e. The summed E-state index contributed by atoms with van der Waals surface area (Å²) < 4.78 is 17.8. The van der Waals surface area contributed by atoms with Gasteiger partial charge in [0.1, 0.15) is 5.82 Å². The van der Waals surface area contributed by atoms with Gasteiger partial charge in [-0.2, -0.15) is 0 Å². The Balaban J connectivity index is 1.82. The maximum atomic E-state index is 12.8. The number of hydrogen-bond acceptors (Lipinski definition) is 4. The molecule has 28 heavy (non-hydrogen) atoms. The minimum Gasteiger partial charge on any atom is -0.456 e. The van der Waals surface area contributed by atoms with Crippen LogP contribution in [0.5, 0.6) is 0 Å². The molecule has 2 amide bonds. The number of esters is 1. The number of nitrogens with one attached hydrogen (secondary N) is 2. The molecule has 0 radical (unpaired) electrons. The Hall–Kier alpha value is -2.93. The van der Waals surface area contributed by atoms with Crippen molar-refractivity contribution in [3.05, 3.63) is 70.5 Å². The predicted molar refractivity (Wildman–Crippen MR) is 102 cm³/mol. The van der Waals surface area contributed by atoms with Crippen LogP contribution in [0.2, 0.25) is 5.02 Å². The van der Waals surface area contributed by atoms with Crippen molar-refractivity contribution in [2.75, 3.05) is 6.61 Å². The molecule has 2 aromatic carbocycles. The van der Waals surface area contributed by atoms with Crippen molar-refractivity contribution in [2.45, 2.75) is 25.9 Å². The third kappa shape index (κ3) is 7.36. The van der Waals surface area contributed by atoms with Crippen LogP contribution in [-0.2, 0) is 25.7 Å². The normalized spacial score (nSPS) is 11.4. The van der Waals surface area contributed by atoms with E-state index < -0.39 is 24.5 Å². The second kappa shape index (κ2) is 10.4. The molecule has 0 fully saturated rings. The molecule has 6 nitrogen and oxygen atoms in total. The Kier molecular flexibility index (Phi) is 7.95. The molecule has 0 aliphatic carbocycles. The van der Waals surface area contributed by atoms with E-state index in [9.17, 15) is 18.8 Å². The van der Waals surface area contributed by atoms with Gasteiger partial charge in [0.15, 0.2) is 6.61 Å². The van der Waals surface area contributed by atoms with Crippen molar-refractivity contribution < 1.29 is 23.5 Å². The highest BCUT2D eigenvalue weighted by Crippen LogP contribution is 2.20. The fraction of sp³-hybridized carbons (Fsp3) is 0.250. The standard InChI is InChI=1S/C20H20ClFN2O4/c1-13(25)24-18(15-4-6-16(21)7-5-15)10-20(27)28-12-19(26)23-11-14-2-8-17(22)9-3-14/h2-9,18H,10-12H2,1H3,(H,23,26)(H,24,25). The van der Waals surface area contributed by atoms with Crippen molar-refractivity contribution in [2.24, 2.45) is 0 Å². The number of benzene rings is 2. The Morgan fingerprint density at radius 2 is 1.71 bits per heavy atom. The first-order chi connectivity index (χ1) is 13.3. The van der Waals surface area contributed by atoms with E-state index in [1.165, 1.54) is 19.1 Å². The second-order valence-electron chi connectivity index (χ2n) is 6.07. The largest absolute Gasteiger partial charge is 0.456 e. The maximum Gasteiger partial charge on any atom is 0.308 e. The molecule has 0 aliphatic rings. The first kappa shape index (κ1) is 21.4. The molecule has 0 bridgehead atoms. The topological polar surface area (TPSA) is 84.5 Å². The first-order valence-electron chi connectivity index (χ1n) is 8.53. The average molecular weight is 407 g/mol. The second-order valence-corrected chi connectivity index (χ2v) is 6.51. The number of rotatable bonds is 8. The Morgan fingerprint density at radius 3 is 2.32 bits per heavy atom. The third-order valence-electron chi connectivity index (χ3n) is 3.79. The van der Waals surface area contributed by atoms with Gasteiger partial charge in [-0.25, -0.2) is 4.39 Å². The summed E-state index contributed by atoms with van der Waals surface area (Å²) in [6, 6.07) is 11.8. The van der Waals surface area contributed by atoms with Crippen molar-refractivity contribution in [1.82, 2.24) is 10.6 Å². The van der Waals surface area contributed by atoms with E-state index in [4.69, 9.17) is 16.3 Å². The van der Waals surface area contributed by atoms with E-state index in [1.54, 1.807) is 36.4 Å². The van der Waals surface area contributed by atoms with Crippen LogP contribution in [0.1, 0.15) is 30.5 Å². The summed E-state index contributed by atoms with van der Waals surface area (Å²) in [5.74, 6) is -1.78. The molecule has 1 atom stereocenters. The molecular formula is C20H20ClFN2O4. The summed E-state index contributed by atoms with van der Waals surface area (Å²) in [7, 11) is 0. The number of carbonyl (C=O) groups excluding carboxylic acids is 3. The number of hydrogen-bond donors (Lipinski definition) is 2.